The molecule has 3 aromatic heterocycles. The van der Waals surface area contributed by atoms with Crippen molar-refractivity contribution in [1.29, 1.82) is 0 Å². The lowest BCUT2D eigenvalue weighted by Gasteiger charge is -2.33. The van der Waals surface area contributed by atoms with E-state index in [4.69, 9.17) is 4.42 Å². The van der Waals surface area contributed by atoms with Gasteiger partial charge in [0.1, 0.15) is 11.5 Å². The number of nitrogens with zero attached hydrogens (tertiary/aromatic N) is 5. The molecule has 8 nitrogen and oxygen atoms in total. The summed E-state index contributed by atoms with van der Waals surface area (Å²) in [4.78, 5) is 27.8. The number of hydrogen-bond acceptors (Lipinski definition) is 6. The van der Waals surface area contributed by atoms with E-state index < -0.39 is 0 Å². The lowest BCUT2D eigenvalue weighted by molar-refractivity contribution is 0.0945. The number of fused-ring (bicyclic) bond motifs is 1. The number of nitrogens with one attached hydrogen (secondary N) is 1. The molecule has 1 unspecified atom stereocenters. The number of amides is 1. The van der Waals surface area contributed by atoms with Gasteiger partial charge in [-0.3, -0.25) is 19.7 Å². The molecule has 1 aliphatic heterocycles. The number of hydrogen-bond donors (Lipinski definition) is 1. The van der Waals surface area contributed by atoms with Crippen molar-refractivity contribution in [3.63, 3.8) is 0 Å². The normalized spacial score (nSPS) is 16.9. The summed E-state index contributed by atoms with van der Waals surface area (Å²) in [5.41, 5.74) is 3.14. The minimum Gasteiger partial charge on any atom is -0.472 e. The van der Waals surface area contributed by atoms with Crippen LogP contribution in [0.15, 0.2) is 41.6 Å². The number of aromatic nitrogens is 4. The second-order valence-corrected chi connectivity index (χ2v) is 6.79. The van der Waals surface area contributed by atoms with Gasteiger partial charge in [0, 0.05) is 37.6 Å². The van der Waals surface area contributed by atoms with Gasteiger partial charge in [0.25, 0.3) is 5.91 Å². The van der Waals surface area contributed by atoms with E-state index in [1.807, 2.05) is 19.2 Å². The molecule has 0 radical (unpaired) electrons. The van der Waals surface area contributed by atoms with E-state index in [9.17, 15) is 4.79 Å². The first-order valence-electron chi connectivity index (χ1n) is 8.98. The second-order valence-electron chi connectivity index (χ2n) is 6.79. The molecule has 0 aliphatic carbocycles. The monoisotopic (exact) mass is 366 g/mol. The van der Waals surface area contributed by atoms with Crippen LogP contribution in [0.25, 0.3) is 0 Å². The molecule has 140 valence electrons. The van der Waals surface area contributed by atoms with Crippen LogP contribution < -0.4 is 5.32 Å². The van der Waals surface area contributed by atoms with E-state index in [1.165, 1.54) is 0 Å². The average molecular weight is 366 g/mol. The van der Waals surface area contributed by atoms with E-state index in [2.05, 4.69) is 36.7 Å². The van der Waals surface area contributed by atoms with Crippen molar-refractivity contribution < 1.29 is 9.21 Å². The van der Waals surface area contributed by atoms with Gasteiger partial charge in [0.05, 0.1) is 42.7 Å². The number of aryl methyl sites for hydroxylation is 1. The van der Waals surface area contributed by atoms with Gasteiger partial charge in [-0.15, -0.1) is 0 Å². The second kappa shape index (κ2) is 7.32. The zero-order valence-electron chi connectivity index (χ0n) is 15.4. The molecule has 1 amide bonds. The van der Waals surface area contributed by atoms with Crippen molar-refractivity contribution >= 4 is 5.91 Å². The van der Waals surface area contributed by atoms with Crippen molar-refractivity contribution in [1.82, 2.24) is 29.7 Å². The van der Waals surface area contributed by atoms with Crippen LogP contribution in [0, 0.1) is 6.92 Å². The number of imidazole rings is 1. The number of carbonyl (C=O) groups is 1. The van der Waals surface area contributed by atoms with Crippen LogP contribution in [0.5, 0.6) is 0 Å². The molecule has 0 spiro atoms. The Hall–Kier alpha value is -3.00. The largest absolute Gasteiger partial charge is 0.472 e. The Kier molecular flexibility index (Phi) is 4.72. The summed E-state index contributed by atoms with van der Waals surface area (Å²) in [6.45, 7) is 6.83. The quantitative estimate of drug-likeness (QED) is 0.744. The minimum absolute atomic E-state index is 0.123. The highest BCUT2D eigenvalue weighted by Crippen LogP contribution is 2.26. The smallest absolute Gasteiger partial charge is 0.271 e. The van der Waals surface area contributed by atoms with Gasteiger partial charge in [0.15, 0.2) is 0 Å². The molecule has 0 fully saturated rings. The maximum Gasteiger partial charge on any atom is 0.271 e. The van der Waals surface area contributed by atoms with Gasteiger partial charge in [-0.2, -0.15) is 0 Å². The zero-order valence-corrected chi connectivity index (χ0v) is 15.4. The SMILES string of the molecule is Cc1cnc(CNC(=O)c2cn3c(n2)C(C)N(Cc2ccoc2)CC3)cn1. The Balaban J connectivity index is 1.42. The van der Waals surface area contributed by atoms with Gasteiger partial charge in [-0.25, -0.2) is 4.98 Å². The molecular formula is C19H22N6O2. The summed E-state index contributed by atoms with van der Waals surface area (Å²) in [6, 6.07) is 2.10. The van der Waals surface area contributed by atoms with Gasteiger partial charge >= 0.3 is 0 Å². The molecule has 0 bridgehead atoms. The highest BCUT2D eigenvalue weighted by atomic mass is 16.3. The van der Waals surface area contributed by atoms with Crippen LogP contribution in [0.3, 0.4) is 0 Å². The van der Waals surface area contributed by atoms with E-state index in [1.54, 1.807) is 24.9 Å². The molecule has 8 heteroatoms. The molecule has 4 heterocycles. The molecule has 3 aromatic rings. The predicted molar refractivity (Wildman–Crippen MR) is 97.7 cm³/mol. The third-order valence-corrected chi connectivity index (χ3v) is 4.82. The Bertz CT molecular complexity index is 916. The number of furan rings is 1. The number of rotatable bonds is 5. The maximum atomic E-state index is 12.5. The third-order valence-electron chi connectivity index (χ3n) is 4.82. The Morgan fingerprint density at radius 2 is 2.22 bits per heavy atom. The molecular weight excluding hydrogens is 344 g/mol. The zero-order chi connectivity index (χ0) is 18.8. The van der Waals surface area contributed by atoms with E-state index in [-0.39, 0.29) is 11.9 Å². The Morgan fingerprint density at radius 1 is 1.33 bits per heavy atom. The summed E-state index contributed by atoms with van der Waals surface area (Å²) in [5, 5.41) is 2.86. The van der Waals surface area contributed by atoms with Crippen molar-refractivity contribution in [2.24, 2.45) is 0 Å². The van der Waals surface area contributed by atoms with Crippen LogP contribution in [0.4, 0.5) is 0 Å². The van der Waals surface area contributed by atoms with Gasteiger partial charge < -0.3 is 14.3 Å². The molecule has 0 saturated carbocycles. The lowest BCUT2D eigenvalue weighted by atomic mass is 10.2. The predicted octanol–water partition coefficient (Wildman–Crippen LogP) is 2.08. The minimum atomic E-state index is -0.201. The summed E-state index contributed by atoms with van der Waals surface area (Å²) in [7, 11) is 0. The number of carbonyl (C=O) groups excluding carboxylic acids is 1. The van der Waals surface area contributed by atoms with Crippen molar-refractivity contribution in [2.45, 2.75) is 39.5 Å². The first-order valence-corrected chi connectivity index (χ1v) is 8.98. The van der Waals surface area contributed by atoms with Gasteiger partial charge in [0.2, 0.25) is 0 Å². The fourth-order valence-corrected chi connectivity index (χ4v) is 3.25. The first-order chi connectivity index (χ1) is 13.1. The van der Waals surface area contributed by atoms with Crippen molar-refractivity contribution in [2.75, 3.05) is 6.54 Å². The summed E-state index contributed by atoms with van der Waals surface area (Å²) in [6.07, 6.45) is 8.64. The molecule has 0 saturated heterocycles. The highest BCUT2D eigenvalue weighted by molar-refractivity contribution is 5.92. The summed E-state index contributed by atoms with van der Waals surface area (Å²) in [5.74, 6) is 0.706. The Labute approximate surface area is 157 Å². The molecule has 0 aromatic carbocycles. The lowest BCUT2D eigenvalue weighted by Crippen LogP contribution is -2.36. The van der Waals surface area contributed by atoms with Crippen molar-refractivity contribution in [3.05, 3.63) is 65.7 Å². The van der Waals surface area contributed by atoms with Gasteiger partial charge in [-0.05, 0) is 19.9 Å². The fourth-order valence-electron chi connectivity index (χ4n) is 3.25. The topological polar surface area (TPSA) is 89.1 Å². The summed E-state index contributed by atoms with van der Waals surface area (Å²) < 4.78 is 7.22. The van der Waals surface area contributed by atoms with Crippen LogP contribution in [-0.4, -0.2) is 36.9 Å². The molecule has 1 aliphatic rings. The molecule has 27 heavy (non-hydrogen) atoms. The highest BCUT2D eigenvalue weighted by Gasteiger charge is 2.27. The van der Waals surface area contributed by atoms with E-state index in [0.29, 0.717) is 12.2 Å². The molecule has 1 atom stereocenters. The summed E-state index contributed by atoms with van der Waals surface area (Å²) >= 11 is 0. The maximum absolute atomic E-state index is 12.5. The fraction of sp³-hybridized carbons (Fsp3) is 0.368. The van der Waals surface area contributed by atoms with Gasteiger partial charge in [-0.1, -0.05) is 0 Å². The van der Waals surface area contributed by atoms with Crippen LogP contribution in [0.2, 0.25) is 0 Å². The van der Waals surface area contributed by atoms with Crippen molar-refractivity contribution in [3.8, 4) is 0 Å². The van der Waals surface area contributed by atoms with Crippen LogP contribution in [-0.2, 0) is 19.6 Å². The average Bonchev–Trinajstić information content (AvgIpc) is 3.33. The Morgan fingerprint density at radius 3 is 2.96 bits per heavy atom. The standard InChI is InChI=1S/C19H22N6O2/c1-13-7-21-16(8-20-13)9-22-19(26)17-11-25-5-4-24(14(2)18(25)23-17)10-15-3-6-27-12-15/h3,6-8,11-12,14H,4-5,9-10H2,1-2H3,(H,22,26). The van der Waals surface area contributed by atoms with Crippen LogP contribution in [0.1, 0.15) is 46.2 Å². The van der Waals surface area contributed by atoms with E-state index in [0.717, 1.165) is 42.4 Å². The first kappa shape index (κ1) is 17.4. The molecule has 4 rings (SSSR count). The van der Waals surface area contributed by atoms with Crippen LogP contribution >= 0.6 is 0 Å². The van der Waals surface area contributed by atoms with E-state index >= 15 is 0 Å². The molecule has 1 N–H and O–H groups in total. The third kappa shape index (κ3) is 3.75.